The van der Waals surface area contributed by atoms with Gasteiger partial charge in [-0.25, -0.2) is 9.37 Å². The molecule has 0 radical (unpaired) electrons. The van der Waals surface area contributed by atoms with Crippen LogP contribution >= 0.6 is 0 Å². The topological polar surface area (TPSA) is 78.4 Å². The van der Waals surface area contributed by atoms with E-state index in [2.05, 4.69) is 20.2 Å². The van der Waals surface area contributed by atoms with E-state index < -0.39 is 17.5 Å². The van der Waals surface area contributed by atoms with Crippen molar-refractivity contribution in [1.29, 1.82) is 0 Å². The fourth-order valence-corrected chi connectivity index (χ4v) is 3.97. The zero-order valence-corrected chi connectivity index (χ0v) is 18.6. The summed E-state index contributed by atoms with van der Waals surface area (Å²) in [5.41, 5.74) is 0.801. The Kier molecular flexibility index (Phi) is 6.15. The number of halogens is 2. The average Bonchev–Trinajstić information content (AvgIpc) is 2.92. The van der Waals surface area contributed by atoms with Gasteiger partial charge in [0.25, 0.3) is 5.91 Å². The number of amides is 1. The summed E-state index contributed by atoms with van der Waals surface area (Å²) in [4.78, 5) is 36.8. The Morgan fingerprint density at radius 1 is 0.914 bits per heavy atom. The number of rotatable bonds is 5. The number of hydrogen-bond acceptors (Lipinski definition) is 6. The van der Waals surface area contributed by atoms with Gasteiger partial charge in [0.05, 0.1) is 28.5 Å². The molecule has 1 fully saturated rings. The van der Waals surface area contributed by atoms with Crippen LogP contribution in [0.1, 0.15) is 26.3 Å². The minimum absolute atomic E-state index is 0.100. The van der Waals surface area contributed by atoms with Gasteiger partial charge in [-0.3, -0.25) is 14.6 Å². The van der Waals surface area contributed by atoms with Gasteiger partial charge in [-0.15, -0.1) is 5.12 Å². The number of nitrogens with zero attached hydrogens (tertiary/aromatic N) is 4. The van der Waals surface area contributed by atoms with E-state index in [4.69, 9.17) is 0 Å². The number of carbonyl (C=O) groups excluding carboxylic acids is 2. The maximum atomic E-state index is 14.8. The number of piperazine rings is 1. The Labute approximate surface area is 200 Å². The molecular formula is C26H21F2N5O2. The smallest absolute Gasteiger partial charge is 0.286 e. The van der Waals surface area contributed by atoms with Gasteiger partial charge in [-0.2, -0.15) is 0 Å². The van der Waals surface area contributed by atoms with Crippen LogP contribution in [0.25, 0.3) is 11.0 Å². The molecule has 9 heteroatoms. The van der Waals surface area contributed by atoms with Gasteiger partial charge in [0.15, 0.2) is 5.78 Å². The molecule has 5 rings (SSSR count). The number of anilines is 2. The van der Waals surface area contributed by atoms with Crippen molar-refractivity contribution in [2.45, 2.75) is 0 Å². The number of carbonyl (C=O) groups is 2. The van der Waals surface area contributed by atoms with Crippen LogP contribution in [0.3, 0.4) is 0 Å². The number of hydrogen-bond donors (Lipinski definition) is 1. The van der Waals surface area contributed by atoms with Crippen LogP contribution in [-0.2, 0) is 0 Å². The first kappa shape index (κ1) is 22.5. The second-order valence-corrected chi connectivity index (χ2v) is 8.11. The standard InChI is InChI=1S/C26H21F2N5O2/c27-21-8-7-19(33(28)26(35)17-4-2-1-3-5-17)15-20(21)25(34)18-6-9-22-23(14-18)31-24(16-30-22)32-12-10-29-11-13-32/h1-9,14-16,29H,10-13H2. The Balaban J connectivity index is 1.45. The Morgan fingerprint density at radius 3 is 2.46 bits per heavy atom. The second-order valence-electron chi connectivity index (χ2n) is 8.11. The van der Waals surface area contributed by atoms with E-state index in [1.165, 1.54) is 18.2 Å². The molecule has 176 valence electrons. The normalized spacial score (nSPS) is 13.6. The van der Waals surface area contributed by atoms with Crippen LogP contribution in [0.4, 0.5) is 20.4 Å². The predicted molar refractivity (Wildman–Crippen MR) is 129 cm³/mol. The largest absolute Gasteiger partial charge is 0.353 e. The summed E-state index contributed by atoms with van der Waals surface area (Å²) in [7, 11) is 0. The van der Waals surface area contributed by atoms with Gasteiger partial charge in [0.2, 0.25) is 0 Å². The molecule has 0 unspecified atom stereocenters. The number of fused-ring (bicyclic) bond motifs is 1. The monoisotopic (exact) mass is 473 g/mol. The lowest BCUT2D eigenvalue weighted by molar-refractivity contribution is 0.0930. The van der Waals surface area contributed by atoms with Crippen molar-refractivity contribution in [2.24, 2.45) is 0 Å². The summed E-state index contributed by atoms with van der Waals surface area (Å²) in [6.07, 6.45) is 1.69. The SMILES string of the molecule is O=C(c1ccc2ncc(N3CCNCC3)nc2c1)c1cc(N(F)C(=O)c2ccccc2)ccc1F. The van der Waals surface area contributed by atoms with Gasteiger partial charge < -0.3 is 10.2 Å². The number of benzene rings is 3. The number of ketones is 1. The summed E-state index contributed by atoms with van der Waals surface area (Å²) in [5.74, 6) is -1.69. The predicted octanol–water partition coefficient (Wildman–Crippen LogP) is 3.94. The molecule has 1 aliphatic heterocycles. The van der Waals surface area contributed by atoms with Crippen molar-refractivity contribution in [1.82, 2.24) is 15.3 Å². The van der Waals surface area contributed by atoms with Crippen LogP contribution < -0.4 is 15.3 Å². The van der Waals surface area contributed by atoms with Crippen LogP contribution in [0.15, 0.2) is 72.9 Å². The van der Waals surface area contributed by atoms with Crippen molar-refractivity contribution in [3.8, 4) is 0 Å². The van der Waals surface area contributed by atoms with E-state index >= 15 is 0 Å². The van der Waals surface area contributed by atoms with Crippen molar-refractivity contribution in [2.75, 3.05) is 36.2 Å². The van der Waals surface area contributed by atoms with Crippen molar-refractivity contribution < 1.29 is 18.5 Å². The lowest BCUT2D eigenvalue weighted by atomic mass is 10.0. The van der Waals surface area contributed by atoms with E-state index in [-0.39, 0.29) is 27.5 Å². The third kappa shape index (κ3) is 4.58. The molecular weight excluding hydrogens is 452 g/mol. The lowest BCUT2D eigenvalue weighted by Crippen LogP contribution is -2.43. The first-order chi connectivity index (χ1) is 17.0. The first-order valence-corrected chi connectivity index (χ1v) is 11.1. The molecule has 0 spiro atoms. The average molecular weight is 473 g/mol. The van der Waals surface area contributed by atoms with E-state index in [1.54, 1.807) is 36.5 Å². The van der Waals surface area contributed by atoms with Crippen LogP contribution in [0.2, 0.25) is 0 Å². The molecule has 3 aromatic carbocycles. The molecule has 1 aliphatic rings. The van der Waals surface area contributed by atoms with Gasteiger partial charge in [-0.1, -0.05) is 22.7 Å². The second kappa shape index (κ2) is 9.55. The van der Waals surface area contributed by atoms with E-state index in [9.17, 15) is 18.5 Å². The molecule has 1 amide bonds. The zero-order valence-electron chi connectivity index (χ0n) is 18.6. The van der Waals surface area contributed by atoms with Crippen molar-refractivity contribution in [3.63, 3.8) is 0 Å². The fraction of sp³-hybridized carbons (Fsp3) is 0.154. The number of aromatic nitrogens is 2. The van der Waals surface area contributed by atoms with Gasteiger partial charge in [0.1, 0.15) is 11.6 Å². The molecule has 1 aromatic heterocycles. The minimum Gasteiger partial charge on any atom is -0.353 e. The van der Waals surface area contributed by atoms with E-state index in [0.717, 1.165) is 44.4 Å². The molecule has 1 N–H and O–H groups in total. The molecule has 4 aromatic rings. The highest BCUT2D eigenvalue weighted by Gasteiger charge is 2.22. The van der Waals surface area contributed by atoms with Crippen molar-refractivity contribution >= 4 is 34.2 Å². The van der Waals surface area contributed by atoms with Gasteiger partial charge in [0, 0.05) is 37.3 Å². The molecule has 0 atom stereocenters. The molecule has 2 heterocycles. The van der Waals surface area contributed by atoms with E-state index in [1.807, 2.05) is 0 Å². The summed E-state index contributed by atoms with van der Waals surface area (Å²) in [6.45, 7) is 3.26. The highest BCUT2D eigenvalue weighted by atomic mass is 19.2. The summed E-state index contributed by atoms with van der Waals surface area (Å²) in [6, 6.07) is 15.7. The van der Waals surface area contributed by atoms with Crippen LogP contribution in [-0.4, -0.2) is 47.8 Å². The maximum Gasteiger partial charge on any atom is 0.286 e. The van der Waals surface area contributed by atoms with Gasteiger partial charge >= 0.3 is 0 Å². The quantitative estimate of drug-likeness (QED) is 0.350. The molecule has 0 aliphatic carbocycles. The maximum absolute atomic E-state index is 14.8. The molecule has 7 nitrogen and oxygen atoms in total. The van der Waals surface area contributed by atoms with Crippen LogP contribution in [0, 0.1) is 5.82 Å². The molecule has 35 heavy (non-hydrogen) atoms. The summed E-state index contributed by atoms with van der Waals surface area (Å²) >= 11 is 0. The highest BCUT2D eigenvalue weighted by Crippen LogP contribution is 2.25. The summed E-state index contributed by atoms with van der Waals surface area (Å²) in [5, 5.41) is 3.18. The fourth-order valence-electron chi connectivity index (χ4n) is 3.97. The Hall–Kier alpha value is -4.24. The highest BCUT2D eigenvalue weighted by molar-refractivity contribution is 6.11. The zero-order chi connectivity index (χ0) is 24.4. The first-order valence-electron chi connectivity index (χ1n) is 11.1. The molecule has 0 bridgehead atoms. The lowest BCUT2D eigenvalue weighted by Gasteiger charge is -2.28. The molecule has 0 saturated carbocycles. The third-order valence-electron chi connectivity index (χ3n) is 5.85. The van der Waals surface area contributed by atoms with Crippen molar-refractivity contribution in [3.05, 3.63) is 95.4 Å². The molecule has 1 saturated heterocycles. The Bertz CT molecular complexity index is 1410. The van der Waals surface area contributed by atoms with E-state index in [0.29, 0.717) is 16.9 Å². The Morgan fingerprint density at radius 2 is 1.69 bits per heavy atom. The van der Waals surface area contributed by atoms with Gasteiger partial charge in [-0.05, 0) is 48.5 Å². The number of nitrogens with one attached hydrogen (secondary N) is 1. The minimum atomic E-state index is -0.919. The summed E-state index contributed by atoms with van der Waals surface area (Å²) < 4.78 is 29.5. The van der Waals surface area contributed by atoms with Crippen LogP contribution in [0.5, 0.6) is 0 Å². The third-order valence-corrected chi connectivity index (χ3v) is 5.85.